The molecule has 1 rings (SSSR count). The van der Waals surface area contributed by atoms with Gasteiger partial charge in [0.25, 0.3) is 0 Å². The van der Waals surface area contributed by atoms with E-state index in [-0.39, 0.29) is 0 Å². The molecular formula is C12H19BrN2O. The minimum absolute atomic E-state index is 0.776. The number of halogens is 1. The largest absolute Gasteiger partial charge is 0.397 e. The van der Waals surface area contributed by atoms with E-state index in [2.05, 4.69) is 28.2 Å². The Morgan fingerprint density at radius 2 is 2.19 bits per heavy atom. The van der Waals surface area contributed by atoms with Crippen molar-refractivity contribution in [3.8, 4) is 0 Å². The first kappa shape index (κ1) is 13.3. The van der Waals surface area contributed by atoms with Gasteiger partial charge in [-0.05, 0) is 31.0 Å². The maximum atomic E-state index is 5.84. The molecule has 1 aromatic rings. The van der Waals surface area contributed by atoms with E-state index < -0.39 is 0 Å². The Morgan fingerprint density at radius 1 is 1.38 bits per heavy atom. The molecule has 0 saturated carbocycles. The fourth-order valence-electron chi connectivity index (χ4n) is 1.33. The summed E-state index contributed by atoms with van der Waals surface area (Å²) < 4.78 is 6.43. The maximum Gasteiger partial charge on any atom is 0.0585 e. The summed E-state index contributed by atoms with van der Waals surface area (Å²) in [7, 11) is 0. The highest BCUT2D eigenvalue weighted by Gasteiger charge is 1.98. The number of anilines is 2. The first-order valence-corrected chi connectivity index (χ1v) is 6.40. The molecule has 1 aromatic carbocycles. The lowest BCUT2D eigenvalue weighted by Gasteiger charge is -2.09. The van der Waals surface area contributed by atoms with Crippen LogP contribution in [0.2, 0.25) is 0 Å². The van der Waals surface area contributed by atoms with Crippen molar-refractivity contribution in [1.29, 1.82) is 0 Å². The first-order chi connectivity index (χ1) is 7.74. The Morgan fingerprint density at radius 3 is 2.94 bits per heavy atom. The number of benzene rings is 1. The van der Waals surface area contributed by atoms with Gasteiger partial charge in [-0.1, -0.05) is 22.9 Å². The zero-order valence-corrected chi connectivity index (χ0v) is 11.2. The summed E-state index contributed by atoms with van der Waals surface area (Å²) in [5.41, 5.74) is 7.59. The van der Waals surface area contributed by atoms with Gasteiger partial charge in [-0.3, -0.25) is 0 Å². The molecule has 0 spiro atoms. The molecule has 0 aliphatic carbocycles. The van der Waals surface area contributed by atoms with Crippen molar-refractivity contribution in [2.75, 3.05) is 30.8 Å². The van der Waals surface area contributed by atoms with Crippen LogP contribution in [-0.2, 0) is 4.74 Å². The summed E-state index contributed by atoms with van der Waals surface area (Å²) in [5, 5.41) is 3.30. The predicted molar refractivity (Wildman–Crippen MR) is 72.8 cm³/mol. The van der Waals surface area contributed by atoms with Crippen LogP contribution in [-0.4, -0.2) is 19.8 Å². The minimum atomic E-state index is 0.776. The summed E-state index contributed by atoms with van der Waals surface area (Å²) in [6.07, 6.45) is 2.07. The number of nitrogens with two attached hydrogens (primary N) is 1. The molecule has 0 fully saturated rings. The van der Waals surface area contributed by atoms with Crippen molar-refractivity contribution in [2.24, 2.45) is 0 Å². The Hall–Kier alpha value is -0.740. The van der Waals surface area contributed by atoms with E-state index in [1.54, 1.807) is 0 Å². The predicted octanol–water partition coefficient (Wildman–Crippen LogP) is 3.26. The number of hydrogen-bond acceptors (Lipinski definition) is 3. The zero-order chi connectivity index (χ0) is 11.8. The second-order valence-electron chi connectivity index (χ2n) is 3.62. The van der Waals surface area contributed by atoms with Gasteiger partial charge in [0, 0.05) is 24.2 Å². The molecule has 0 saturated heterocycles. The normalized spacial score (nSPS) is 10.4. The summed E-state index contributed by atoms with van der Waals surface area (Å²) in [4.78, 5) is 0. The first-order valence-electron chi connectivity index (χ1n) is 5.60. The van der Waals surface area contributed by atoms with E-state index in [1.165, 1.54) is 0 Å². The third-order valence-electron chi connectivity index (χ3n) is 2.14. The lowest BCUT2D eigenvalue weighted by molar-refractivity contribution is 0.134. The van der Waals surface area contributed by atoms with Crippen LogP contribution in [0.25, 0.3) is 0 Å². The van der Waals surface area contributed by atoms with Gasteiger partial charge < -0.3 is 15.8 Å². The molecule has 3 nitrogen and oxygen atoms in total. The third-order valence-corrected chi connectivity index (χ3v) is 2.64. The molecule has 90 valence electrons. The average molecular weight is 287 g/mol. The molecule has 3 N–H and O–H groups in total. The van der Waals surface area contributed by atoms with Crippen LogP contribution in [0.4, 0.5) is 11.4 Å². The van der Waals surface area contributed by atoms with Gasteiger partial charge in [-0.15, -0.1) is 0 Å². The van der Waals surface area contributed by atoms with E-state index in [4.69, 9.17) is 10.5 Å². The van der Waals surface area contributed by atoms with Gasteiger partial charge in [0.1, 0.15) is 0 Å². The van der Waals surface area contributed by atoms with Crippen molar-refractivity contribution in [2.45, 2.75) is 19.8 Å². The van der Waals surface area contributed by atoms with Crippen molar-refractivity contribution in [3.05, 3.63) is 22.7 Å². The lowest BCUT2D eigenvalue weighted by atomic mass is 10.2. The maximum absolute atomic E-state index is 5.84. The molecule has 0 heterocycles. The molecule has 4 heteroatoms. The number of rotatable bonds is 7. The quantitative estimate of drug-likeness (QED) is 0.597. The standard InChI is InChI=1S/C12H19BrN2O/c1-2-7-16-8-3-6-15-12-9-10(13)4-5-11(12)14/h4-5,9,15H,2-3,6-8,14H2,1H3. The molecule has 0 atom stereocenters. The van der Waals surface area contributed by atoms with Gasteiger partial charge >= 0.3 is 0 Å². The molecule has 0 bridgehead atoms. The van der Waals surface area contributed by atoms with Gasteiger partial charge in [0.05, 0.1) is 11.4 Å². The van der Waals surface area contributed by atoms with Crippen molar-refractivity contribution < 1.29 is 4.74 Å². The van der Waals surface area contributed by atoms with Crippen molar-refractivity contribution in [1.82, 2.24) is 0 Å². The van der Waals surface area contributed by atoms with Crippen LogP contribution in [0, 0.1) is 0 Å². The van der Waals surface area contributed by atoms with Crippen molar-refractivity contribution in [3.63, 3.8) is 0 Å². The van der Waals surface area contributed by atoms with Gasteiger partial charge in [-0.25, -0.2) is 0 Å². The van der Waals surface area contributed by atoms with Gasteiger partial charge in [0.2, 0.25) is 0 Å². The smallest absolute Gasteiger partial charge is 0.0585 e. The van der Waals surface area contributed by atoms with Crippen LogP contribution in [0.5, 0.6) is 0 Å². The van der Waals surface area contributed by atoms with E-state index in [0.717, 1.165) is 48.4 Å². The number of nitrogens with one attached hydrogen (secondary N) is 1. The summed E-state index contributed by atoms with van der Waals surface area (Å²) >= 11 is 3.42. The highest BCUT2D eigenvalue weighted by Crippen LogP contribution is 2.22. The van der Waals surface area contributed by atoms with Crippen LogP contribution >= 0.6 is 15.9 Å². The summed E-state index contributed by atoms with van der Waals surface area (Å²) in [6.45, 7) is 4.64. The molecule has 0 aliphatic heterocycles. The fraction of sp³-hybridized carbons (Fsp3) is 0.500. The fourth-order valence-corrected chi connectivity index (χ4v) is 1.69. The zero-order valence-electron chi connectivity index (χ0n) is 9.63. The number of ether oxygens (including phenoxy) is 1. The van der Waals surface area contributed by atoms with Crippen LogP contribution < -0.4 is 11.1 Å². The highest BCUT2D eigenvalue weighted by atomic mass is 79.9. The van der Waals surface area contributed by atoms with Crippen molar-refractivity contribution >= 4 is 27.3 Å². The van der Waals surface area contributed by atoms with E-state index >= 15 is 0 Å². The Kier molecular flexibility index (Phi) is 6.26. The topological polar surface area (TPSA) is 47.3 Å². The minimum Gasteiger partial charge on any atom is -0.397 e. The second kappa shape index (κ2) is 7.52. The molecule has 0 aromatic heterocycles. The van der Waals surface area contributed by atoms with E-state index in [1.807, 2.05) is 18.2 Å². The Labute approximate surface area is 105 Å². The molecular weight excluding hydrogens is 268 g/mol. The number of nitrogen functional groups attached to an aromatic ring is 1. The highest BCUT2D eigenvalue weighted by molar-refractivity contribution is 9.10. The van der Waals surface area contributed by atoms with Gasteiger partial charge in [0.15, 0.2) is 0 Å². The average Bonchev–Trinajstić information content (AvgIpc) is 2.28. The van der Waals surface area contributed by atoms with E-state index in [9.17, 15) is 0 Å². The third kappa shape index (κ3) is 4.86. The van der Waals surface area contributed by atoms with E-state index in [0.29, 0.717) is 0 Å². The SMILES string of the molecule is CCCOCCCNc1cc(Br)ccc1N. The van der Waals surface area contributed by atoms with Crippen LogP contribution in [0.1, 0.15) is 19.8 Å². The second-order valence-corrected chi connectivity index (χ2v) is 4.54. The van der Waals surface area contributed by atoms with Crippen LogP contribution in [0.3, 0.4) is 0 Å². The molecule has 16 heavy (non-hydrogen) atoms. The molecule has 0 amide bonds. The molecule has 0 unspecified atom stereocenters. The van der Waals surface area contributed by atoms with Gasteiger partial charge in [-0.2, -0.15) is 0 Å². The Balaban J connectivity index is 2.23. The van der Waals surface area contributed by atoms with Crippen LogP contribution in [0.15, 0.2) is 22.7 Å². The molecule has 0 aliphatic rings. The lowest BCUT2D eigenvalue weighted by Crippen LogP contribution is -2.07. The summed E-state index contributed by atoms with van der Waals surface area (Å²) in [6, 6.07) is 5.81. The summed E-state index contributed by atoms with van der Waals surface area (Å²) in [5.74, 6) is 0. The number of hydrogen-bond donors (Lipinski definition) is 2. The monoisotopic (exact) mass is 286 g/mol. The Bertz CT molecular complexity index is 318. The molecule has 0 radical (unpaired) electrons.